The van der Waals surface area contributed by atoms with E-state index in [1.807, 2.05) is 18.2 Å². The van der Waals surface area contributed by atoms with Crippen molar-refractivity contribution >= 4 is 12.4 Å². The monoisotopic (exact) mass is 240 g/mol. The Labute approximate surface area is 72.4 Å². The summed E-state index contributed by atoms with van der Waals surface area (Å²) in [6.45, 7) is 0. The van der Waals surface area contributed by atoms with Gasteiger partial charge >= 0.3 is 72.3 Å². The third-order valence-corrected chi connectivity index (χ3v) is 2.05. The Morgan fingerprint density at radius 1 is 1.20 bits per heavy atom. The Hall–Kier alpha value is -0.0777. The third kappa shape index (κ3) is 2.67. The van der Waals surface area contributed by atoms with Crippen molar-refractivity contribution in [2.24, 2.45) is 0 Å². The van der Waals surface area contributed by atoms with Gasteiger partial charge in [-0.15, -0.1) is 0 Å². The molecule has 0 aliphatic heterocycles. The molecule has 0 fully saturated rings. The van der Waals surface area contributed by atoms with Crippen LogP contribution in [0.3, 0.4) is 0 Å². The van der Waals surface area contributed by atoms with Gasteiger partial charge < -0.3 is 0 Å². The fourth-order valence-corrected chi connectivity index (χ4v) is 1.24. The molecular weight excluding hydrogens is 233 g/mol. The molecule has 0 radical (unpaired) electrons. The fraction of sp³-hybridized carbons (Fsp3) is 0. The average Bonchev–Trinajstić information content (AvgIpc) is 2.03. The van der Waals surface area contributed by atoms with Crippen LogP contribution in [0.4, 0.5) is 0 Å². The van der Waals surface area contributed by atoms with Gasteiger partial charge in [0.1, 0.15) is 0 Å². The zero-order chi connectivity index (χ0) is 7.23. The van der Waals surface area contributed by atoms with Crippen LogP contribution in [0, 0.1) is 0 Å². The Morgan fingerprint density at radius 2 is 1.90 bits per heavy atom. The van der Waals surface area contributed by atoms with E-state index in [1.165, 1.54) is 5.56 Å². The molecule has 1 aromatic rings. The van der Waals surface area contributed by atoms with Gasteiger partial charge in [0.15, 0.2) is 0 Å². The van der Waals surface area contributed by atoms with E-state index in [9.17, 15) is 0 Å². The van der Waals surface area contributed by atoms with Gasteiger partial charge in [-0.05, 0) is 0 Å². The average molecular weight is 241 g/mol. The summed E-state index contributed by atoms with van der Waals surface area (Å²) in [6.07, 6.45) is 3.25. The number of hydrogen-bond acceptors (Lipinski definition) is 0. The van der Waals surface area contributed by atoms with E-state index < -0.39 is 0 Å². The molecule has 0 nitrogen and oxygen atoms in total. The van der Waals surface area contributed by atoms with Crippen LogP contribution in [0.5, 0.6) is 0 Å². The molecule has 1 rings (SSSR count). The Balaban J connectivity index is 2.76. The first-order valence-electron chi connectivity index (χ1n) is 2.93. The summed E-state index contributed by atoms with van der Waals surface area (Å²) in [5, 5.41) is 0. The van der Waals surface area contributed by atoms with E-state index in [4.69, 9.17) is 0 Å². The van der Waals surface area contributed by atoms with Gasteiger partial charge in [-0.3, -0.25) is 0 Å². The molecule has 0 saturated heterocycles. The van der Waals surface area contributed by atoms with Crippen molar-refractivity contribution in [3.63, 3.8) is 0 Å². The second-order valence-corrected chi connectivity index (χ2v) is 3.47. The van der Waals surface area contributed by atoms with Crippen LogP contribution in [-0.2, 0) is 18.2 Å². The summed E-state index contributed by atoms with van der Waals surface area (Å²) < 4.78 is 0. The SMILES string of the molecule is [Pd]=[P]/C=C\c1ccccc1. The first kappa shape index (κ1) is 8.02. The molecule has 0 aliphatic rings. The minimum atomic E-state index is 1.16. The van der Waals surface area contributed by atoms with E-state index in [0.717, 1.165) is 6.31 Å². The Morgan fingerprint density at radius 3 is 2.50 bits per heavy atom. The van der Waals surface area contributed by atoms with Crippen molar-refractivity contribution in [1.29, 1.82) is 0 Å². The quantitative estimate of drug-likeness (QED) is 0.551. The van der Waals surface area contributed by atoms with E-state index >= 15 is 0 Å². The second kappa shape index (κ2) is 4.69. The van der Waals surface area contributed by atoms with Crippen LogP contribution in [-0.4, -0.2) is 0 Å². The second-order valence-electron chi connectivity index (χ2n) is 1.81. The topological polar surface area (TPSA) is 0 Å². The summed E-state index contributed by atoms with van der Waals surface area (Å²) in [4.78, 5) is 0. The zero-order valence-corrected chi connectivity index (χ0v) is 7.75. The summed E-state index contributed by atoms with van der Waals surface area (Å²) in [5.41, 5.74) is 1.25. The van der Waals surface area contributed by atoms with Crippen LogP contribution >= 0.6 is 6.31 Å². The molecule has 2 heteroatoms. The maximum atomic E-state index is 3.06. The zero-order valence-electron chi connectivity index (χ0n) is 5.30. The van der Waals surface area contributed by atoms with Crippen molar-refractivity contribution in [3.8, 4) is 0 Å². The molecule has 0 amide bonds. The van der Waals surface area contributed by atoms with E-state index in [-0.39, 0.29) is 0 Å². The summed E-state index contributed by atoms with van der Waals surface area (Å²) in [7, 11) is 0. The maximum absolute atomic E-state index is 3.06. The van der Waals surface area contributed by atoms with Crippen LogP contribution in [0.15, 0.2) is 36.1 Å². The molecule has 0 heterocycles. The standard InChI is InChI=1S/C8H7P.Pd/c9-7-6-8-4-2-1-3-5-8;/h1-7H;/b7-6-;. The molecule has 0 aliphatic carbocycles. The van der Waals surface area contributed by atoms with Crippen LogP contribution in [0.1, 0.15) is 5.56 Å². The Kier molecular flexibility index (Phi) is 3.77. The van der Waals surface area contributed by atoms with Crippen LogP contribution in [0.2, 0.25) is 0 Å². The molecule has 0 N–H and O–H groups in total. The van der Waals surface area contributed by atoms with Gasteiger partial charge in [-0.1, -0.05) is 0 Å². The molecule has 0 spiro atoms. The fourth-order valence-electron chi connectivity index (χ4n) is 0.674. The van der Waals surface area contributed by atoms with Gasteiger partial charge in [-0.25, -0.2) is 0 Å². The van der Waals surface area contributed by atoms with Gasteiger partial charge in [-0.2, -0.15) is 0 Å². The molecule has 0 unspecified atom stereocenters. The molecular formula is C8H7PPd. The summed E-state index contributed by atoms with van der Waals surface area (Å²) in [6, 6.07) is 10.3. The number of hydrogen-bond donors (Lipinski definition) is 0. The van der Waals surface area contributed by atoms with E-state index in [0.29, 0.717) is 0 Å². The first-order chi connectivity index (χ1) is 4.93. The minimum absolute atomic E-state index is 1.16. The molecule has 0 saturated carbocycles. The molecule has 0 bridgehead atoms. The summed E-state index contributed by atoms with van der Waals surface area (Å²) in [5.74, 6) is 2.07. The van der Waals surface area contributed by atoms with E-state index in [2.05, 4.69) is 42.2 Å². The van der Waals surface area contributed by atoms with Crippen molar-refractivity contribution in [2.45, 2.75) is 0 Å². The van der Waals surface area contributed by atoms with Crippen molar-refractivity contribution in [2.75, 3.05) is 0 Å². The third-order valence-electron chi connectivity index (χ3n) is 1.11. The van der Waals surface area contributed by atoms with Gasteiger partial charge in [0, 0.05) is 0 Å². The van der Waals surface area contributed by atoms with Crippen molar-refractivity contribution in [3.05, 3.63) is 41.7 Å². The van der Waals surface area contributed by atoms with Gasteiger partial charge in [0.05, 0.1) is 0 Å². The molecule has 0 aromatic heterocycles. The van der Waals surface area contributed by atoms with Crippen LogP contribution < -0.4 is 0 Å². The predicted molar refractivity (Wildman–Crippen MR) is 42.4 cm³/mol. The molecule has 1 aromatic carbocycles. The van der Waals surface area contributed by atoms with Crippen LogP contribution in [0.25, 0.3) is 6.08 Å². The number of benzene rings is 1. The molecule has 0 atom stereocenters. The van der Waals surface area contributed by atoms with Gasteiger partial charge in [0.25, 0.3) is 0 Å². The molecule has 10 heavy (non-hydrogen) atoms. The first-order valence-corrected chi connectivity index (χ1v) is 5.82. The predicted octanol–water partition coefficient (Wildman–Crippen LogP) is 3.07. The van der Waals surface area contributed by atoms with Gasteiger partial charge in [0.2, 0.25) is 0 Å². The summed E-state index contributed by atoms with van der Waals surface area (Å²) >= 11 is 3.06. The van der Waals surface area contributed by atoms with E-state index in [1.54, 1.807) is 0 Å². The number of rotatable bonds is 2. The molecule has 54 valence electrons. The van der Waals surface area contributed by atoms with Crippen molar-refractivity contribution in [1.82, 2.24) is 0 Å². The normalized spacial score (nSPS) is 11.0. The Bertz CT molecular complexity index is 228. The van der Waals surface area contributed by atoms with Crippen molar-refractivity contribution < 1.29 is 18.2 Å².